The molecule has 1 atom stereocenters. The quantitative estimate of drug-likeness (QED) is 0.631. The van der Waals surface area contributed by atoms with E-state index in [4.69, 9.17) is 0 Å². The number of carbonyl (C=O) groups is 2. The van der Waals surface area contributed by atoms with Crippen molar-refractivity contribution < 1.29 is 9.59 Å². The van der Waals surface area contributed by atoms with E-state index in [0.717, 1.165) is 16.7 Å². The molecular weight excluding hydrogens is 392 g/mol. The summed E-state index contributed by atoms with van der Waals surface area (Å²) >= 11 is 0. The van der Waals surface area contributed by atoms with Crippen molar-refractivity contribution in [3.05, 3.63) is 76.1 Å². The van der Waals surface area contributed by atoms with Gasteiger partial charge in [-0.25, -0.2) is 4.68 Å². The Kier molecular flexibility index (Phi) is 6.65. The molecule has 0 saturated heterocycles. The van der Waals surface area contributed by atoms with Crippen LogP contribution in [0.3, 0.4) is 0 Å². The normalized spacial score (nSPS) is 11.6. The zero-order valence-corrected chi connectivity index (χ0v) is 18.1. The van der Waals surface area contributed by atoms with Crippen LogP contribution in [-0.2, 0) is 9.59 Å². The number of benzene rings is 2. The Balaban J connectivity index is 1.89. The van der Waals surface area contributed by atoms with Crippen LogP contribution < -0.4 is 16.2 Å². The lowest BCUT2D eigenvalue weighted by Crippen LogP contribution is -2.33. The van der Waals surface area contributed by atoms with Crippen LogP contribution in [-0.4, -0.2) is 21.6 Å². The van der Waals surface area contributed by atoms with Gasteiger partial charge < -0.3 is 10.6 Å². The molecule has 31 heavy (non-hydrogen) atoms. The Morgan fingerprint density at radius 3 is 2.52 bits per heavy atom. The van der Waals surface area contributed by atoms with Crippen LogP contribution in [0.15, 0.2) is 59.4 Å². The standard InChI is InChI=1S/C24H26N4O3/c1-5-22(29)26-21-14-18(10-9-16(21)3)20-11-12-23(30)28(27-20)17(4)24(31)25-19-8-6-7-15(2)13-19/h6-14,17H,5H2,1-4H3,(H,25,31)(H,26,29). The van der Waals surface area contributed by atoms with Gasteiger partial charge in [0.25, 0.3) is 5.56 Å². The van der Waals surface area contributed by atoms with Crippen molar-refractivity contribution in [2.75, 3.05) is 10.6 Å². The molecule has 0 fully saturated rings. The average Bonchev–Trinajstić information content (AvgIpc) is 2.75. The molecule has 0 spiro atoms. The summed E-state index contributed by atoms with van der Waals surface area (Å²) in [5.41, 5.74) is 4.18. The summed E-state index contributed by atoms with van der Waals surface area (Å²) in [5.74, 6) is -0.420. The first kappa shape index (κ1) is 22.0. The minimum atomic E-state index is -0.808. The maximum Gasteiger partial charge on any atom is 0.267 e. The number of rotatable bonds is 6. The minimum Gasteiger partial charge on any atom is -0.326 e. The Morgan fingerprint density at radius 2 is 1.81 bits per heavy atom. The smallest absolute Gasteiger partial charge is 0.267 e. The van der Waals surface area contributed by atoms with Gasteiger partial charge in [-0.15, -0.1) is 0 Å². The van der Waals surface area contributed by atoms with E-state index in [1.165, 1.54) is 10.7 Å². The number of amides is 2. The lowest BCUT2D eigenvalue weighted by molar-refractivity contribution is -0.119. The predicted molar refractivity (Wildman–Crippen MR) is 122 cm³/mol. The van der Waals surface area contributed by atoms with Crippen LogP contribution >= 0.6 is 0 Å². The Hall–Kier alpha value is -3.74. The van der Waals surface area contributed by atoms with Crippen LogP contribution in [0.2, 0.25) is 0 Å². The molecule has 1 aromatic heterocycles. The van der Waals surface area contributed by atoms with Gasteiger partial charge in [0.2, 0.25) is 11.8 Å². The van der Waals surface area contributed by atoms with Crippen LogP contribution in [0.25, 0.3) is 11.3 Å². The summed E-state index contributed by atoms with van der Waals surface area (Å²) in [6.07, 6.45) is 0.375. The highest BCUT2D eigenvalue weighted by atomic mass is 16.2. The van der Waals surface area contributed by atoms with Gasteiger partial charge in [-0.1, -0.05) is 31.2 Å². The third-order valence-electron chi connectivity index (χ3n) is 4.99. The third kappa shape index (κ3) is 5.25. The average molecular weight is 418 g/mol. The number of hydrogen-bond donors (Lipinski definition) is 2. The molecule has 0 aliphatic carbocycles. The van der Waals surface area contributed by atoms with Crippen molar-refractivity contribution in [2.45, 2.75) is 40.2 Å². The van der Waals surface area contributed by atoms with Crippen molar-refractivity contribution in [1.82, 2.24) is 9.78 Å². The van der Waals surface area contributed by atoms with Crippen molar-refractivity contribution in [1.29, 1.82) is 0 Å². The molecule has 0 radical (unpaired) electrons. The molecule has 3 rings (SSSR count). The van der Waals surface area contributed by atoms with Gasteiger partial charge in [0.05, 0.1) is 5.69 Å². The lowest BCUT2D eigenvalue weighted by Gasteiger charge is -2.16. The summed E-state index contributed by atoms with van der Waals surface area (Å²) in [4.78, 5) is 36.9. The number of nitrogens with zero attached hydrogens (tertiary/aromatic N) is 2. The van der Waals surface area contributed by atoms with Crippen LogP contribution in [0.4, 0.5) is 11.4 Å². The van der Waals surface area contributed by atoms with E-state index in [1.54, 1.807) is 26.0 Å². The van der Waals surface area contributed by atoms with Crippen molar-refractivity contribution in [3.8, 4) is 11.3 Å². The summed E-state index contributed by atoms with van der Waals surface area (Å²) < 4.78 is 1.17. The molecule has 0 saturated carbocycles. The molecule has 160 valence electrons. The number of aryl methyl sites for hydroxylation is 2. The molecule has 0 bridgehead atoms. The summed E-state index contributed by atoms with van der Waals surface area (Å²) in [6, 6.07) is 15.2. The van der Waals surface area contributed by atoms with E-state index in [9.17, 15) is 14.4 Å². The number of aromatic nitrogens is 2. The number of nitrogens with one attached hydrogen (secondary N) is 2. The monoisotopic (exact) mass is 418 g/mol. The second kappa shape index (κ2) is 9.38. The van der Waals surface area contributed by atoms with Crippen LogP contribution in [0.1, 0.15) is 37.4 Å². The van der Waals surface area contributed by atoms with Crippen LogP contribution in [0.5, 0.6) is 0 Å². The largest absolute Gasteiger partial charge is 0.326 e. The molecule has 7 nitrogen and oxygen atoms in total. The topological polar surface area (TPSA) is 93.1 Å². The van der Waals surface area contributed by atoms with Gasteiger partial charge in [0.1, 0.15) is 6.04 Å². The van der Waals surface area contributed by atoms with Gasteiger partial charge in [0, 0.05) is 29.4 Å². The maximum absolute atomic E-state index is 12.7. The summed E-state index contributed by atoms with van der Waals surface area (Å²) in [5, 5.41) is 10.1. The number of carbonyl (C=O) groups excluding carboxylic acids is 2. The molecule has 7 heteroatoms. The van der Waals surface area contributed by atoms with E-state index >= 15 is 0 Å². The van der Waals surface area contributed by atoms with Gasteiger partial charge in [-0.05, 0) is 56.2 Å². The predicted octanol–water partition coefficient (Wildman–Crippen LogP) is 4.08. The van der Waals surface area contributed by atoms with E-state index in [1.807, 2.05) is 50.2 Å². The zero-order valence-electron chi connectivity index (χ0n) is 18.1. The molecule has 1 heterocycles. The fourth-order valence-corrected chi connectivity index (χ4v) is 3.09. The molecule has 0 aliphatic heterocycles. The molecule has 0 aliphatic rings. The first-order valence-corrected chi connectivity index (χ1v) is 10.2. The Labute approximate surface area is 181 Å². The van der Waals surface area contributed by atoms with Gasteiger partial charge in [-0.3, -0.25) is 14.4 Å². The third-order valence-corrected chi connectivity index (χ3v) is 4.99. The molecule has 1 unspecified atom stereocenters. The Bertz CT molecular complexity index is 1180. The molecule has 2 aromatic carbocycles. The van der Waals surface area contributed by atoms with Crippen molar-refractivity contribution >= 4 is 23.2 Å². The highest BCUT2D eigenvalue weighted by molar-refractivity contribution is 5.93. The summed E-state index contributed by atoms with van der Waals surface area (Å²) in [6.45, 7) is 7.26. The molecule has 2 N–H and O–H groups in total. The molecule has 2 amide bonds. The fraction of sp³-hybridized carbons (Fsp3) is 0.250. The maximum atomic E-state index is 12.7. The van der Waals surface area contributed by atoms with E-state index in [-0.39, 0.29) is 17.4 Å². The fourth-order valence-electron chi connectivity index (χ4n) is 3.09. The first-order chi connectivity index (χ1) is 14.8. The highest BCUT2D eigenvalue weighted by Gasteiger charge is 2.18. The van der Waals surface area contributed by atoms with E-state index in [0.29, 0.717) is 23.5 Å². The van der Waals surface area contributed by atoms with Gasteiger partial charge in [0.15, 0.2) is 0 Å². The van der Waals surface area contributed by atoms with E-state index in [2.05, 4.69) is 15.7 Å². The number of hydrogen-bond acceptors (Lipinski definition) is 4. The molecule has 3 aromatic rings. The SMILES string of the molecule is CCC(=O)Nc1cc(-c2ccc(=O)n(C(C)C(=O)Nc3cccc(C)c3)n2)ccc1C. The second-order valence-electron chi connectivity index (χ2n) is 7.47. The van der Waals surface area contributed by atoms with Gasteiger partial charge >= 0.3 is 0 Å². The minimum absolute atomic E-state index is 0.0837. The van der Waals surface area contributed by atoms with Crippen LogP contribution in [0, 0.1) is 13.8 Å². The molecular formula is C24H26N4O3. The zero-order chi connectivity index (χ0) is 22.5. The van der Waals surface area contributed by atoms with Gasteiger partial charge in [-0.2, -0.15) is 5.10 Å². The number of anilines is 2. The summed E-state index contributed by atoms with van der Waals surface area (Å²) in [7, 11) is 0. The van der Waals surface area contributed by atoms with Crippen molar-refractivity contribution in [2.24, 2.45) is 0 Å². The Morgan fingerprint density at radius 1 is 1.03 bits per heavy atom. The lowest BCUT2D eigenvalue weighted by atomic mass is 10.1. The van der Waals surface area contributed by atoms with Crippen molar-refractivity contribution in [3.63, 3.8) is 0 Å². The second-order valence-corrected chi connectivity index (χ2v) is 7.47. The highest BCUT2D eigenvalue weighted by Crippen LogP contribution is 2.24. The van der Waals surface area contributed by atoms with E-state index < -0.39 is 6.04 Å². The first-order valence-electron chi connectivity index (χ1n) is 10.2.